The fourth-order valence-corrected chi connectivity index (χ4v) is 4.25. The van der Waals surface area contributed by atoms with E-state index in [1.54, 1.807) is 39.0 Å². The van der Waals surface area contributed by atoms with Gasteiger partial charge >= 0.3 is 12.3 Å². The molecule has 180 valence electrons. The van der Waals surface area contributed by atoms with Gasteiger partial charge in [0, 0.05) is 5.39 Å². The number of anilines is 2. The summed E-state index contributed by atoms with van der Waals surface area (Å²) >= 11 is 0.792. The summed E-state index contributed by atoms with van der Waals surface area (Å²) in [4.78, 5) is 25.3. The summed E-state index contributed by atoms with van der Waals surface area (Å²) in [6, 6.07) is 11.2. The van der Waals surface area contributed by atoms with Crippen LogP contribution in [0.1, 0.15) is 31.9 Å². The first-order chi connectivity index (χ1) is 16.4. The molecule has 0 amide bonds. The lowest BCUT2D eigenvalue weighted by molar-refractivity contribution is -0.136. The number of nitrogens with zero attached hydrogens (tertiary/aromatic N) is 4. The summed E-state index contributed by atoms with van der Waals surface area (Å²) in [6.07, 6.45) is -3.87. The van der Waals surface area contributed by atoms with E-state index < -0.39 is 29.0 Å². The van der Waals surface area contributed by atoms with E-state index in [4.69, 9.17) is 4.74 Å². The predicted molar refractivity (Wildman–Crippen MR) is 124 cm³/mol. The molecule has 0 radical (unpaired) electrons. The van der Waals surface area contributed by atoms with Gasteiger partial charge in [0.25, 0.3) is 5.56 Å². The smallest absolute Gasteiger partial charge is 0.435 e. The minimum Gasteiger partial charge on any atom is -0.442 e. The first-order valence-electron chi connectivity index (χ1n) is 10.2. The molecule has 4 rings (SSSR count). The molecule has 0 spiro atoms. The Kier molecular flexibility index (Phi) is 5.90. The summed E-state index contributed by atoms with van der Waals surface area (Å²) in [5.41, 5.74) is -2.15. The third-order valence-corrected chi connectivity index (χ3v) is 5.80. The Morgan fingerprint density at radius 3 is 2.54 bits per heavy atom. The largest absolute Gasteiger partial charge is 0.442 e. The van der Waals surface area contributed by atoms with Gasteiger partial charge in [-0.05, 0) is 62.6 Å². The number of carbonyl (C=O) groups excluding carboxylic acids is 1. The van der Waals surface area contributed by atoms with Gasteiger partial charge in [0.2, 0.25) is 0 Å². The van der Waals surface area contributed by atoms with Gasteiger partial charge < -0.3 is 10.1 Å². The van der Waals surface area contributed by atoms with E-state index in [1.807, 2.05) is 0 Å². The van der Waals surface area contributed by atoms with Gasteiger partial charge in [-0.2, -0.15) is 28.2 Å². The molecule has 0 fully saturated rings. The lowest BCUT2D eigenvalue weighted by Crippen LogP contribution is -2.27. The highest BCUT2D eigenvalue weighted by molar-refractivity contribution is 7.11. The third kappa shape index (κ3) is 4.76. The van der Waals surface area contributed by atoms with E-state index in [0.717, 1.165) is 22.3 Å². The molecule has 2 aromatic carbocycles. The van der Waals surface area contributed by atoms with Crippen LogP contribution in [-0.2, 0) is 10.9 Å². The number of hydrogen-bond donors (Lipinski definition) is 1. The summed E-state index contributed by atoms with van der Waals surface area (Å²) in [6.45, 7) is 5.18. The summed E-state index contributed by atoms with van der Waals surface area (Å²) in [5.74, 6) is 0. The molecule has 35 heavy (non-hydrogen) atoms. The molecular weight excluding hydrogens is 483 g/mol. The van der Waals surface area contributed by atoms with Crippen molar-refractivity contribution in [3.63, 3.8) is 0 Å². The fraction of sp³-hybridized carbons (Fsp3) is 0.217. The third-order valence-electron chi connectivity index (χ3n) is 4.75. The number of rotatable bonds is 3. The van der Waals surface area contributed by atoms with Crippen molar-refractivity contribution in [2.45, 2.75) is 32.5 Å². The monoisotopic (exact) mass is 501 g/mol. The maximum absolute atomic E-state index is 13.4. The van der Waals surface area contributed by atoms with Crippen LogP contribution in [-0.4, -0.2) is 25.4 Å². The standard InChI is InChI=1S/C23H18F3N5O3S/c1-22(2,3)34-21(33)30-18-9-8-14(10-13(18)12-28-30)31-20(32)15(11-27)19(35-31)29-17-7-5-4-6-16(17)23(24,25)26/h4-10,12,29H,1-3H3. The number of benzene rings is 2. The number of nitrogens with one attached hydrogen (secondary N) is 1. The van der Waals surface area contributed by atoms with Crippen LogP contribution in [0.4, 0.5) is 28.7 Å². The van der Waals surface area contributed by atoms with E-state index in [1.165, 1.54) is 34.4 Å². The van der Waals surface area contributed by atoms with E-state index in [-0.39, 0.29) is 16.3 Å². The summed E-state index contributed by atoms with van der Waals surface area (Å²) in [7, 11) is 0. The maximum atomic E-state index is 13.4. The van der Waals surface area contributed by atoms with Crippen molar-refractivity contribution in [1.82, 2.24) is 13.7 Å². The maximum Gasteiger partial charge on any atom is 0.435 e. The molecule has 0 aliphatic heterocycles. The van der Waals surface area contributed by atoms with Gasteiger partial charge in [0.1, 0.15) is 16.7 Å². The SMILES string of the molecule is CC(C)(C)OC(=O)n1ncc2cc(-n3sc(Nc4ccccc4C(F)(F)F)c(C#N)c3=O)ccc21. The Morgan fingerprint density at radius 1 is 1.17 bits per heavy atom. The predicted octanol–water partition coefficient (Wildman–Crippen LogP) is 5.67. The molecule has 0 atom stereocenters. The molecule has 0 aliphatic carbocycles. The van der Waals surface area contributed by atoms with Gasteiger partial charge in [-0.1, -0.05) is 12.1 Å². The van der Waals surface area contributed by atoms with Crippen LogP contribution in [0.2, 0.25) is 0 Å². The lowest BCUT2D eigenvalue weighted by Gasteiger charge is -2.19. The van der Waals surface area contributed by atoms with Crippen LogP contribution in [0.25, 0.3) is 16.6 Å². The van der Waals surface area contributed by atoms with Crippen molar-refractivity contribution < 1.29 is 22.7 Å². The topological polar surface area (TPSA) is 102 Å². The second-order valence-corrected chi connectivity index (χ2v) is 9.41. The van der Waals surface area contributed by atoms with Crippen LogP contribution >= 0.6 is 11.5 Å². The van der Waals surface area contributed by atoms with Gasteiger partial charge in [-0.15, -0.1) is 0 Å². The van der Waals surface area contributed by atoms with Crippen LogP contribution < -0.4 is 10.9 Å². The van der Waals surface area contributed by atoms with Crippen LogP contribution in [0.3, 0.4) is 0 Å². The van der Waals surface area contributed by atoms with E-state index in [2.05, 4.69) is 10.4 Å². The number of hydrogen-bond acceptors (Lipinski definition) is 7. The van der Waals surface area contributed by atoms with E-state index in [9.17, 15) is 28.0 Å². The highest BCUT2D eigenvalue weighted by atomic mass is 32.1. The molecule has 4 aromatic rings. The number of nitriles is 1. The quantitative estimate of drug-likeness (QED) is 0.388. The molecule has 0 bridgehead atoms. The van der Waals surface area contributed by atoms with E-state index in [0.29, 0.717) is 16.6 Å². The minimum atomic E-state index is -4.62. The molecule has 12 heteroatoms. The number of halogens is 3. The molecule has 0 saturated carbocycles. The zero-order valence-corrected chi connectivity index (χ0v) is 19.5. The number of fused-ring (bicyclic) bond motifs is 1. The first kappa shape index (κ1) is 24.0. The Balaban J connectivity index is 1.73. The van der Waals surface area contributed by atoms with Gasteiger partial charge in [-0.3, -0.25) is 4.79 Å². The lowest BCUT2D eigenvalue weighted by atomic mass is 10.1. The van der Waals surface area contributed by atoms with Crippen molar-refractivity contribution in [3.05, 3.63) is 70.1 Å². The molecule has 0 saturated heterocycles. The molecule has 0 unspecified atom stereocenters. The van der Waals surface area contributed by atoms with Gasteiger partial charge in [-0.25, -0.2) is 8.75 Å². The number of ether oxygens (including phenoxy) is 1. The average molecular weight is 501 g/mol. The molecular formula is C23H18F3N5O3S. The molecule has 0 aliphatic rings. The van der Waals surface area contributed by atoms with Crippen molar-refractivity contribution in [2.75, 3.05) is 5.32 Å². The minimum absolute atomic E-state index is 0.0289. The zero-order valence-electron chi connectivity index (χ0n) is 18.7. The second-order valence-electron chi connectivity index (χ2n) is 8.45. The molecule has 1 N–H and O–H groups in total. The van der Waals surface area contributed by atoms with E-state index >= 15 is 0 Å². The Bertz CT molecular complexity index is 1540. The number of alkyl halides is 3. The first-order valence-corrected chi connectivity index (χ1v) is 11.0. The van der Waals surface area contributed by atoms with Crippen molar-refractivity contribution in [3.8, 4) is 11.8 Å². The molecule has 8 nitrogen and oxygen atoms in total. The fourth-order valence-electron chi connectivity index (χ4n) is 3.29. The Hall–Kier alpha value is -4.11. The zero-order chi connectivity index (χ0) is 25.5. The van der Waals surface area contributed by atoms with Gasteiger partial charge in [0.15, 0.2) is 5.56 Å². The van der Waals surface area contributed by atoms with Gasteiger partial charge in [0.05, 0.1) is 28.7 Å². The average Bonchev–Trinajstić information content (AvgIpc) is 3.32. The normalized spacial score (nSPS) is 11.9. The van der Waals surface area contributed by atoms with Crippen molar-refractivity contribution >= 4 is 39.2 Å². The van der Waals surface area contributed by atoms with Crippen LogP contribution in [0, 0.1) is 11.3 Å². The van der Waals surface area contributed by atoms with Crippen LogP contribution in [0.5, 0.6) is 0 Å². The molecule has 2 aromatic heterocycles. The van der Waals surface area contributed by atoms with Crippen molar-refractivity contribution in [2.24, 2.45) is 0 Å². The highest BCUT2D eigenvalue weighted by Gasteiger charge is 2.33. The molecule has 2 heterocycles. The van der Waals surface area contributed by atoms with Crippen molar-refractivity contribution in [1.29, 1.82) is 5.26 Å². The Labute approximate surface area is 200 Å². The number of carbonyl (C=O) groups is 1. The summed E-state index contributed by atoms with van der Waals surface area (Å²) < 4.78 is 47.7. The number of para-hydroxylation sites is 1. The number of aromatic nitrogens is 3. The van der Waals surface area contributed by atoms with Crippen LogP contribution in [0.15, 0.2) is 53.5 Å². The Morgan fingerprint density at radius 2 is 1.89 bits per heavy atom. The summed E-state index contributed by atoms with van der Waals surface area (Å²) in [5, 5.41) is 16.6. The highest BCUT2D eigenvalue weighted by Crippen LogP contribution is 2.37. The second kappa shape index (κ2) is 8.59.